The maximum Gasteiger partial charge on any atom is 0.179 e. The molecule has 0 spiro atoms. The Morgan fingerprint density at radius 3 is 2.53 bits per heavy atom. The van der Waals surface area contributed by atoms with Gasteiger partial charge in [0, 0.05) is 6.54 Å². The summed E-state index contributed by atoms with van der Waals surface area (Å²) in [6, 6.07) is 3.80. The van der Waals surface area contributed by atoms with E-state index < -0.39 is 0 Å². The summed E-state index contributed by atoms with van der Waals surface area (Å²) >= 11 is 6.06. The van der Waals surface area contributed by atoms with Gasteiger partial charge in [-0.2, -0.15) is 0 Å². The van der Waals surface area contributed by atoms with Crippen molar-refractivity contribution in [3.05, 3.63) is 22.7 Å². The van der Waals surface area contributed by atoms with Gasteiger partial charge in [0.2, 0.25) is 0 Å². The molecular formula is C11H16ClNO2. The van der Waals surface area contributed by atoms with Crippen molar-refractivity contribution in [2.75, 3.05) is 20.8 Å². The second kappa shape index (κ2) is 5.83. The second-order valence-corrected chi connectivity index (χ2v) is 3.50. The van der Waals surface area contributed by atoms with Crippen molar-refractivity contribution in [1.82, 2.24) is 5.32 Å². The molecule has 0 saturated carbocycles. The molecule has 0 aliphatic carbocycles. The van der Waals surface area contributed by atoms with E-state index in [9.17, 15) is 0 Å². The van der Waals surface area contributed by atoms with E-state index in [1.165, 1.54) is 0 Å². The summed E-state index contributed by atoms with van der Waals surface area (Å²) in [6.07, 6.45) is 0. The molecule has 0 amide bonds. The number of benzene rings is 1. The van der Waals surface area contributed by atoms with E-state index >= 15 is 0 Å². The van der Waals surface area contributed by atoms with Crippen LogP contribution in [0.5, 0.6) is 11.5 Å². The van der Waals surface area contributed by atoms with Crippen LogP contribution in [-0.2, 0) is 6.54 Å². The number of rotatable bonds is 5. The second-order valence-electron chi connectivity index (χ2n) is 3.09. The van der Waals surface area contributed by atoms with Crippen molar-refractivity contribution < 1.29 is 9.47 Å². The Morgan fingerprint density at radius 1 is 1.27 bits per heavy atom. The molecule has 0 fully saturated rings. The Hall–Kier alpha value is -0.930. The van der Waals surface area contributed by atoms with Crippen LogP contribution in [-0.4, -0.2) is 20.8 Å². The first-order chi connectivity index (χ1) is 7.22. The quantitative estimate of drug-likeness (QED) is 0.842. The summed E-state index contributed by atoms with van der Waals surface area (Å²) in [6.45, 7) is 3.75. The molecule has 4 heteroatoms. The lowest BCUT2D eigenvalue weighted by Gasteiger charge is -2.11. The number of nitrogens with one attached hydrogen (secondary N) is 1. The van der Waals surface area contributed by atoms with Gasteiger partial charge in [-0.15, -0.1) is 0 Å². The smallest absolute Gasteiger partial charge is 0.179 e. The highest BCUT2D eigenvalue weighted by Crippen LogP contribution is 2.35. The van der Waals surface area contributed by atoms with Crippen LogP contribution in [0.3, 0.4) is 0 Å². The largest absolute Gasteiger partial charge is 0.493 e. The molecule has 0 aromatic heterocycles. The molecule has 0 saturated heterocycles. The molecular weight excluding hydrogens is 214 g/mol. The lowest BCUT2D eigenvalue weighted by atomic mass is 10.2. The Labute approximate surface area is 95.3 Å². The molecule has 0 atom stereocenters. The van der Waals surface area contributed by atoms with Gasteiger partial charge in [-0.25, -0.2) is 0 Å². The van der Waals surface area contributed by atoms with Gasteiger partial charge in [0.25, 0.3) is 0 Å². The van der Waals surface area contributed by atoms with Crippen molar-refractivity contribution in [2.45, 2.75) is 13.5 Å². The fraction of sp³-hybridized carbons (Fsp3) is 0.455. The molecule has 0 bridgehead atoms. The molecule has 1 N–H and O–H groups in total. The molecule has 0 heterocycles. The molecule has 84 valence electrons. The van der Waals surface area contributed by atoms with Gasteiger partial charge < -0.3 is 14.8 Å². The zero-order valence-corrected chi connectivity index (χ0v) is 10.0. The minimum absolute atomic E-state index is 0.574. The Kier molecular flexibility index (Phi) is 4.72. The lowest BCUT2D eigenvalue weighted by molar-refractivity contribution is 0.354. The molecule has 1 rings (SSSR count). The van der Waals surface area contributed by atoms with Gasteiger partial charge in [0.1, 0.15) is 0 Å². The highest BCUT2D eigenvalue weighted by molar-refractivity contribution is 6.32. The van der Waals surface area contributed by atoms with E-state index in [0.717, 1.165) is 18.7 Å². The number of hydrogen-bond donors (Lipinski definition) is 1. The molecule has 0 radical (unpaired) electrons. The predicted octanol–water partition coefficient (Wildman–Crippen LogP) is 2.47. The van der Waals surface area contributed by atoms with E-state index in [1.807, 2.05) is 12.1 Å². The highest BCUT2D eigenvalue weighted by atomic mass is 35.5. The first-order valence-corrected chi connectivity index (χ1v) is 5.21. The van der Waals surface area contributed by atoms with Gasteiger partial charge in [-0.05, 0) is 24.2 Å². The van der Waals surface area contributed by atoms with Gasteiger partial charge in [-0.3, -0.25) is 0 Å². The average molecular weight is 230 g/mol. The Balaban J connectivity index is 2.97. The van der Waals surface area contributed by atoms with E-state index in [0.29, 0.717) is 16.5 Å². The van der Waals surface area contributed by atoms with Crippen LogP contribution in [0.15, 0.2) is 12.1 Å². The monoisotopic (exact) mass is 229 g/mol. The van der Waals surface area contributed by atoms with Crippen molar-refractivity contribution in [3.63, 3.8) is 0 Å². The zero-order valence-electron chi connectivity index (χ0n) is 9.26. The standard InChI is InChI=1S/C11H16ClNO2/c1-4-13-7-8-5-9(12)11(15-3)10(6-8)14-2/h5-6,13H,4,7H2,1-3H3. The van der Waals surface area contributed by atoms with Gasteiger partial charge >= 0.3 is 0 Å². The number of hydrogen-bond acceptors (Lipinski definition) is 3. The summed E-state index contributed by atoms with van der Waals surface area (Å²) in [5.74, 6) is 1.25. The van der Waals surface area contributed by atoms with Crippen molar-refractivity contribution in [2.24, 2.45) is 0 Å². The lowest BCUT2D eigenvalue weighted by Crippen LogP contribution is -2.11. The summed E-state index contributed by atoms with van der Waals surface area (Å²) < 4.78 is 10.3. The van der Waals surface area contributed by atoms with Crippen molar-refractivity contribution in [1.29, 1.82) is 0 Å². The molecule has 1 aromatic carbocycles. The first kappa shape index (κ1) is 12.1. The maximum atomic E-state index is 6.06. The third-order valence-corrected chi connectivity index (χ3v) is 2.35. The van der Waals surface area contributed by atoms with Crippen LogP contribution >= 0.6 is 11.6 Å². The minimum Gasteiger partial charge on any atom is -0.493 e. The van der Waals surface area contributed by atoms with Crippen LogP contribution in [0.1, 0.15) is 12.5 Å². The predicted molar refractivity (Wildman–Crippen MR) is 61.9 cm³/mol. The highest BCUT2D eigenvalue weighted by Gasteiger charge is 2.10. The topological polar surface area (TPSA) is 30.5 Å². The first-order valence-electron chi connectivity index (χ1n) is 4.84. The molecule has 3 nitrogen and oxygen atoms in total. The van der Waals surface area contributed by atoms with E-state index in [4.69, 9.17) is 21.1 Å². The fourth-order valence-electron chi connectivity index (χ4n) is 1.34. The van der Waals surface area contributed by atoms with Gasteiger partial charge in [0.15, 0.2) is 11.5 Å². The average Bonchev–Trinajstić information content (AvgIpc) is 2.25. The Morgan fingerprint density at radius 2 is 2.00 bits per heavy atom. The fourth-order valence-corrected chi connectivity index (χ4v) is 1.65. The maximum absolute atomic E-state index is 6.06. The van der Waals surface area contributed by atoms with E-state index in [-0.39, 0.29) is 0 Å². The summed E-state index contributed by atoms with van der Waals surface area (Å²) in [4.78, 5) is 0. The third kappa shape index (κ3) is 3.01. The molecule has 0 unspecified atom stereocenters. The third-order valence-electron chi connectivity index (χ3n) is 2.07. The van der Waals surface area contributed by atoms with Crippen molar-refractivity contribution in [3.8, 4) is 11.5 Å². The van der Waals surface area contributed by atoms with Gasteiger partial charge in [-0.1, -0.05) is 18.5 Å². The van der Waals surface area contributed by atoms with Crippen LogP contribution < -0.4 is 14.8 Å². The van der Waals surface area contributed by atoms with Crippen molar-refractivity contribution >= 4 is 11.6 Å². The Bertz CT molecular complexity index is 329. The van der Waals surface area contributed by atoms with Gasteiger partial charge in [0.05, 0.1) is 19.2 Å². The van der Waals surface area contributed by atoms with Crippen LogP contribution in [0.4, 0.5) is 0 Å². The normalized spacial score (nSPS) is 10.1. The zero-order chi connectivity index (χ0) is 11.3. The summed E-state index contributed by atoms with van der Waals surface area (Å²) in [5, 5.41) is 3.80. The number of halogens is 1. The van der Waals surface area contributed by atoms with E-state index in [1.54, 1.807) is 14.2 Å². The summed E-state index contributed by atoms with van der Waals surface area (Å²) in [7, 11) is 3.18. The molecule has 0 aliphatic heterocycles. The number of methoxy groups -OCH3 is 2. The molecule has 1 aromatic rings. The van der Waals surface area contributed by atoms with Crippen LogP contribution in [0, 0.1) is 0 Å². The van der Waals surface area contributed by atoms with Crippen LogP contribution in [0.25, 0.3) is 0 Å². The molecule has 15 heavy (non-hydrogen) atoms. The van der Waals surface area contributed by atoms with E-state index in [2.05, 4.69) is 12.2 Å². The molecule has 0 aliphatic rings. The number of ether oxygens (including phenoxy) is 2. The summed E-state index contributed by atoms with van der Waals surface area (Å²) in [5.41, 5.74) is 1.08. The SMILES string of the molecule is CCNCc1cc(Cl)c(OC)c(OC)c1. The van der Waals surface area contributed by atoms with Crippen LogP contribution in [0.2, 0.25) is 5.02 Å². The minimum atomic E-state index is 0.574.